The van der Waals surface area contributed by atoms with Crippen LogP contribution in [-0.2, 0) is 16.1 Å². The van der Waals surface area contributed by atoms with Crippen LogP contribution in [0.15, 0.2) is 12.4 Å². The number of carbonyl (C=O) groups excluding carboxylic acids is 1. The van der Waals surface area contributed by atoms with E-state index in [0.29, 0.717) is 18.1 Å². The summed E-state index contributed by atoms with van der Waals surface area (Å²) in [5.41, 5.74) is 0.876. The number of hydrogen-bond donors (Lipinski definition) is 0. The summed E-state index contributed by atoms with van der Waals surface area (Å²) in [5.74, 6) is -0.154. The zero-order chi connectivity index (χ0) is 13.7. The molecule has 0 saturated carbocycles. The highest BCUT2D eigenvalue weighted by atomic mass is 35.5. The molecule has 0 N–H and O–H groups in total. The monoisotopic (exact) mass is 283 g/mol. The molecule has 1 fully saturated rings. The Hall–Kier alpha value is -1.20. The van der Waals surface area contributed by atoms with Gasteiger partial charge in [-0.05, 0) is 19.4 Å². The van der Waals surface area contributed by atoms with Crippen molar-refractivity contribution < 1.29 is 9.53 Å². The van der Waals surface area contributed by atoms with E-state index in [-0.39, 0.29) is 12.0 Å². The van der Waals surface area contributed by atoms with E-state index < -0.39 is 0 Å². The number of methoxy groups -OCH3 is 1. The van der Waals surface area contributed by atoms with Crippen molar-refractivity contribution in [2.24, 2.45) is 0 Å². The number of aromatic nitrogens is 2. The summed E-state index contributed by atoms with van der Waals surface area (Å²) in [5, 5.41) is 0.397. The van der Waals surface area contributed by atoms with Crippen molar-refractivity contribution in [1.82, 2.24) is 14.9 Å². The van der Waals surface area contributed by atoms with Crippen molar-refractivity contribution in [3.05, 3.63) is 23.2 Å². The molecule has 6 heteroatoms. The molecule has 1 aromatic rings. The first-order valence-electron chi connectivity index (χ1n) is 6.46. The van der Waals surface area contributed by atoms with Crippen LogP contribution in [0.3, 0.4) is 0 Å². The number of hydrogen-bond acceptors (Lipinski definition) is 5. The predicted molar refractivity (Wildman–Crippen MR) is 71.7 cm³/mol. The molecule has 1 atom stereocenters. The van der Waals surface area contributed by atoms with Crippen LogP contribution in [0.4, 0.5) is 0 Å². The number of ether oxygens (including phenoxy) is 1. The second-order valence-electron chi connectivity index (χ2n) is 4.73. The Balaban J connectivity index is 1.99. The van der Waals surface area contributed by atoms with Gasteiger partial charge in [-0.1, -0.05) is 18.0 Å². The van der Waals surface area contributed by atoms with Crippen molar-refractivity contribution in [3.8, 4) is 0 Å². The highest BCUT2D eigenvalue weighted by Crippen LogP contribution is 2.21. The molecule has 1 aromatic heterocycles. The van der Waals surface area contributed by atoms with Gasteiger partial charge in [-0.15, -0.1) is 0 Å². The average Bonchev–Trinajstić information content (AvgIpc) is 2.43. The van der Waals surface area contributed by atoms with Crippen molar-refractivity contribution >= 4 is 17.6 Å². The second kappa shape index (κ2) is 6.82. The van der Waals surface area contributed by atoms with E-state index in [1.165, 1.54) is 7.11 Å². The number of rotatable bonds is 4. The van der Waals surface area contributed by atoms with Crippen LogP contribution in [0.5, 0.6) is 0 Å². The van der Waals surface area contributed by atoms with Gasteiger partial charge in [-0.2, -0.15) is 0 Å². The van der Waals surface area contributed by atoms with E-state index in [9.17, 15) is 4.79 Å². The first-order valence-corrected chi connectivity index (χ1v) is 6.84. The standard InChI is InChI=1S/C13H18ClN3O2/c1-19-13(18)6-11-4-2-3-5-17(11)9-10-7-16-12(14)8-15-10/h7-8,11H,2-6,9H2,1H3. The smallest absolute Gasteiger partial charge is 0.307 e. The Labute approximate surface area is 117 Å². The maximum Gasteiger partial charge on any atom is 0.307 e. The van der Waals surface area contributed by atoms with Gasteiger partial charge in [-0.3, -0.25) is 14.7 Å². The number of esters is 1. The molecule has 0 amide bonds. The maximum absolute atomic E-state index is 11.4. The quantitative estimate of drug-likeness (QED) is 0.792. The SMILES string of the molecule is COC(=O)CC1CCCCN1Cc1cnc(Cl)cn1. The van der Waals surface area contributed by atoms with Crippen molar-refractivity contribution in [2.45, 2.75) is 38.3 Å². The average molecular weight is 284 g/mol. The van der Waals surface area contributed by atoms with Gasteiger partial charge in [0.2, 0.25) is 0 Å². The lowest BCUT2D eigenvalue weighted by molar-refractivity contribution is -0.142. The van der Waals surface area contributed by atoms with Crippen LogP contribution in [0.2, 0.25) is 5.15 Å². The maximum atomic E-state index is 11.4. The van der Waals surface area contributed by atoms with E-state index in [1.54, 1.807) is 12.4 Å². The predicted octanol–water partition coefficient (Wildman–Crippen LogP) is 2.05. The summed E-state index contributed by atoms with van der Waals surface area (Å²) in [4.78, 5) is 22.0. The van der Waals surface area contributed by atoms with E-state index in [1.807, 2.05) is 0 Å². The summed E-state index contributed by atoms with van der Waals surface area (Å²) < 4.78 is 4.76. The van der Waals surface area contributed by atoms with Crippen LogP contribution in [0.25, 0.3) is 0 Å². The lowest BCUT2D eigenvalue weighted by atomic mass is 9.99. The third kappa shape index (κ3) is 4.14. The molecule has 2 rings (SSSR count). The Bertz CT molecular complexity index is 424. The van der Waals surface area contributed by atoms with E-state index in [0.717, 1.165) is 31.5 Å². The molecule has 0 aliphatic carbocycles. The number of carbonyl (C=O) groups is 1. The summed E-state index contributed by atoms with van der Waals surface area (Å²) >= 11 is 5.72. The molecule has 1 aliphatic heterocycles. The molecule has 2 heterocycles. The molecule has 0 bridgehead atoms. The zero-order valence-electron chi connectivity index (χ0n) is 11.0. The van der Waals surface area contributed by atoms with Crippen molar-refractivity contribution in [3.63, 3.8) is 0 Å². The molecule has 0 radical (unpaired) electrons. The topological polar surface area (TPSA) is 55.3 Å². The molecule has 5 nitrogen and oxygen atoms in total. The fourth-order valence-electron chi connectivity index (χ4n) is 2.40. The lowest BCUT2D eigenvalue weighted by Gasteiger charge is -2.34. The second-order valence-corrected chi connectivity index (χ2v) is 5.12. The van der Waals surface area contributed by atoms with E-state index in [2.05, 4.69) is 14.9 Å². The van der Waals surface area contributed by atoms with Gasteiger partial charge >= 0.3 is 5.97 Å². The highest BCUT2D eigenvalue weighted by molar-refractivity contribution is 6.29. The molecule has 1 saturated heterocycles. The Morgan fingerprint density at radius 2 is 2.32 bits per heavy atom. The molecular weight excluding hydrogens is 266 g/mol. The van der Waals surface area contributed by atoms with Crippen LogP contribution >= 0.6 is 11.6 Å². The van der Waals surface area contributed by atoms with Crippen LogP contribution in [-0.4, -0.2) is 40.5 Å². The lowest BCUT2D eigenvalue weighted by Crippen LogP contribution is -2.40. The molecule has 104 valence electrons. The van der Waals surface area contributed by atoms with Gasteiger partial charge in [0.1, 0.15) is 5.15 Å². The Morgan fingerprint density at radius 3 is 3.00 bits per heavy atom. The highest BCUT2D eigenvalue weighted by Gasteiger charge is 2.25. The van der Waals surface area contributed by atoms with Crippen molar-refractivity contribution in [1.29, 1.82) is 0 Å². The minimum atomic E-state index is -0.154. The minimum Gasteiger partial charge on any atom is -0.469 e. The van der Waals surface area contributed by atoms with Crippen molar-refractivity contribution in [2.75, 3.05) is 13.7 Å². The van der Waals surface area contributed by atoms with Gasteiger partial charge in [0.15, 0.2) is 0 Å². The largest absolute Gasteiger partial charge is 0.469 e. The summed E-state index contributed by atoms with van der Waals surface area (Å²) in [6.07, 6.45) is 7.01. The van der Waals surface area contributed by atoms with Gasteiger partial charge in [-0.25, -0.2) is 4.98 Å². The van der Waals surface area contributed by atoms with Gasteiger partial charge in [0.05, 0.1) is 31.6 Å². The number of likely N-dealkylation sites (tertiary alicyclic amines) is 1. The van der Waals surface area contributed by atoms with Gasteiger partial charge in [0, 0.05) is 12.6 Å². The molecule has 1 unspecified atom stereocenters. The van der Waals surface area contributed by atoms with E-state index >= 15 is 0 Å². The van der Waals surface area contributed by atoms with Crippen LogP contribution in [0.1, 0.15) is 31.4 Å². The molecular formula is C13H18ClN3O2. The Kier molecular flexibility index (Phi) is 5.10. The van der Waals surface area contributed by atoms with E-state index in [4.69, 9.17) is 16.3 Å². The first-order chi connectivity index (χ1) is 9.19. The van der Waals surface area contributed by atoms with Gasteiger partial charge in [0.25, 0.3) is 0 Å². The number of piperidine rings is 1. The van der Waals surface area contributed by atoms with Crippen LogP contribution < -0.4 is 0 Å². The summed E-state index contributed by atoms with van der Waals surface area (Å²) in [6.45, 7) is 1.68. The third-order valence-electron chi connectivity index (χ3n) is 3.42. The molecule has 1 aliphatic rings. The fourth-order valence-corrected chi connectivity index (χ4v) is 2.50. The molecule has 19 heavy (non-hydrogen) atoms. The number of halogens is 1. The first kappa shape index (κ1) is 14.2. The van der Waals surface area contributed by atoms with Crippen LogP contribution in [0, 0.1) is 0 Å². The normalized spacial score (nSPS) is 20.2. The fraction of sp³-hybridized carbons (Fsp3) is 0.615. The third-order valence-corrected chi connectivity index (χ3v) is 3.61. The minimum absolute atomic E-state index is 0.154. The number of nitrogens with zero attached hydrogens (tertiary/aromatic N) is 3. The summed E-state index contributed by atoms with van der Waals surface area (Å²) in [7, 11) is 1.43. The molecule has 0 spiro atoms. The molecule has 0 aromatic carbocycles. The zero-order valence-corrected chi connectivity index (χ0v) is 11.8. The Morgan fingerprint density at radius 1 is 1.47 bits per heavy atom. The summed E-state index contributed by atoms with van der Waals surface area (Å²) in [6, 6.07) is 0.235. The van der Waals surface area contributed by atoms with Gasteiger partial charge < -0.3 is 4.74 Å².